The van der Waals surface area contributed by atoms with Gasteiger partial charge in [-0.3, -0.25) is 14.9 Å². The second-order valence-corrected chi connectivity index (χ2v) is 6.98. The number of halogens is 2. The van der Waals surface area contributed by atoms with Crippen molar-refractivity contribution in [3.05, 3.63) is 69.9 Å². The molecule has 10 nitrogen and oxygen atoms in total. The molecule has 1 amide bonds. The van der Waals surface area contributed by atoms with Gasteiger partial charge in [0.1, 0.15) is 12.0 Å². The van der Waals surface area contributed by atoms with Crippen molar-refractivity contribution in [3.63, 3.8) is 0 Å². The molecule has 0 fully saturated rings. The van der Waals surface area contributed by atoms with Gasteiger partial charge in [-0.15, -0.1) is 0 Å². The Labute approximate surface area is 186 Å². The van der Waals surface area contributed by atoms with E-state index in [1.807, 2.05) is 0 Å². The second kappa shape index (κ2) is 9.06. The van der Waals surface area contributed by atoms with Crippen molar-refractivity contribution in [2.75, 3.05) is 22.6 Å². The Morgan fingerprint density at radius 1 is 1.24 bits per heavy atom. The molecule has 0 bridgehead atoms. The zero-order valence-electron chi connectivity index (χ0n) is 16.8. The molecule has 1 aliphatic rings. The molecule has 2 heterocycles. The number of carbonyl (C=O) groups is 1. The molecule has 1 aromatic heterocycles. The number of nitrogens with zero attached hydrogens (tertiary/aromatic N) is 3. The third-order valence-electron chi connectivity index (χ3n) is 4.79. The van der Waals surface area contributed by atoms with Crippen LogP contribution >= 0.6 is 0 Å². The van der Waals surface area contributed by atoms with Crippen molar-refractivity contribution in [2.24, 2.45) is 0 Å². The molecule has 33 heavy (non-hydrogen) atoms. The van der Waals surface area contributed by atoms with Gasteiger partial charge in [0.15, 0.2) is 17.4 Å². The molecule has 1 aliphatic heterocycles. The molecule has 2 radical (unpaired) electrons. The quantitative estimate of drug-likeness (QED) is 0.290. The van der Waals surface area contributed by atoms with E-state index in [-0.39, 0.29) is 35.5 Å². The van der Waals surface area contributed by atoms with Crippen molar-refractivity contribution in [1.82, 2.24) is 9.97 Å². The van der Waals surface area contributed by atoms with E-state index in [0.29, 0.717) is 12.0 Å². The molecule has 4 rings (SSSR count). The number of benzene rings is 2. The van der Waals surface area contributed by atoms with Crippen LogP contribution in [0.15, 0.2) is 42.6 Å². The molecule has 0 spiro atoms. The number of nitro groups is 1. The van der Waals surface area contributed by atoms with Gasteiger partial charge in [-0.1, -0.05) is 12.1 Å². The van der Waals surface area contributed by atoms with Gasteiger partial charge in [0.2, 0.25) is 19.6 Å². The smallest absolute Gasteiger partial charge is 0.329 e. The monoisotopic (exact) mass is 452 g/mol. The van der Waals surface area contributed by atoms with Crippen molar-refractivity contribution >= 4 is 42.5 Å². The molecule has 0 aliphatic carbocycles. The number of para-hydroxylation sites is 1. The van der Waals surface area contributed by atoms with Gasteiger partial charge in [-0.25, -0.2) is 13.8 Å². The van der Waals surface area contributed by atoms with E-state index < -0.39 is 34.1 Å². The molecule has 0 saturated carbocycles. The fraction of sp³-hybridized carbons (Fsp3) is 0.150. The molecule has 166 valence electrons. The van der Waals surface area contributed by atoms with Crippen LogP contribution in [0.1, 0.15) is 18.0 Å². The van der Waals surface area contributed by atoms with E-state index in [0.717, 1.165) is 18.3 Å². The fourth-order valence-electron chi connectivity index (χ4n) is 3.36. The summed E-state index contributed by atoms with van der Waals surface area (Å²) in [6, 6.07) is 7.36. The van der Waals surface area contributed by atoms with Gasteiger partial charge in [0.05, 0.1) is 28.9 Å². The molecule has 1 unspecified atom stereocenters. The van der Waals surface area contributed by atoms with Crippen LogP contribution in [0.5, 0.6) is 5.75 Å². The number of amides is 1. The van der Waals surface area contributed by atoms with Crippen LogP contribution < -0.4 is 20.7 Å². The number of anilines is 4. The molecule has 13 heteroatoms. The Hall–Kier alpha value is -4.29. The summed E-state index contributed by atoms with van der Waals surface area (Å²) >= 11 is 0. The van der Waals surface area contributed by atoms with Crippen molar-refractivity contribution < 1.29 is 23.2 Å². The molecule has 1 atom stereocenters. The van der Waals surface area contributed by atoms with Crippen LogP contribution in [0.2, 0.25) is 0 Å². The topological polar surface area (TPSA) is 131 Å². The number of aromatic nitrogens is 2. The van der Waals surface area contributed by atoms with E-state index in [4.69, 9.17) is 12.6 Å². The van der Waals surface area contributed by atoms with Gasteiger partial charge < -0.3 is 20.7 Å². The van der Waals surface area contributed by atoms with Crippen LogP contribution in [0, 0.1) is 21.7 Å². The highest BCUT2D eigenvalue weighted by Gasteiger charge is 2.27. The van der Waals surface area contributed by atoms with Crippen molar-refractivity contribution in [3.8, 4) is 5.75 Å². The minimum atomic E-state index is -0.873. The lowest BCUT2D eigenvalue weighted by Crippen LogP contribution is -2.22. The Morgan fingerprint density at radius 3 is 2.82 bits per heavy atom. The third-order valence-corrected chi connectivity index (χ3v) is 4.79. The summed E-state index contributed by atoms with van der Waals surface area (Å²) in [5.74, 6) is -2.22. The minimum absolute atomic E-state index is 0.0678. The number of ether oxygens (including phenoxy) is 1. The Kier molecular flexibility index (Phi) is 6.02. The lowest BCUT2D eigenvalue weighted by molar-refractivity contribution is -0.384. The highest BCUT2D eigenvalue weighted by atomic mass is 19.1. The summed E-state index contributed by atoms with van der Waals surface area (Å²) < 4.78 is 33.2. The summed E-state index contributed by atoms with van der Waals surface area (Å²) in [5, 5.41) is 19.5. The molecular formula is C20H15BF2N6O4. The lowest BCUT2D eigenvalue weighted by atomic mass is 10.0. The Bertz CT molecular complexity index is 1250. The Balaban J connectivity index is 1.67. The lowest BCUT2D eigenvalue weighted by Gasteiger charge is -2.27. The summed E-state index contributed by atoms with van der Waals surface area (Å²) in [4.78, 5) is 30.1. The van der Waals surface area contributed by atoms with Crippen LogP contribution in [0.3, 0.4) is 0 Å². The number of carbonyl (C=O) groups excluding carboxylic acids is 1. The zero-order chi connectivity index (χ0) is 23.5. The van der Waals surface area contributed by atoms with Crippen LogP contribution in [0.4, 0.5) is 42.4 Å². The van der Waals surface area contributed by atoms with Gasteiger partial charge in [-0.2, -0.15) is 4.98 Å². The van der Waals surface area contributed by atoms with E-state index in [2.05, 4.69) is 25.9 Å². The standard InChI is InChI=1S/C20H15BF2N6O4/c21-19(30)26-14-5-4-10(22)8-15(14)27-20-24-9-16(29(31)32)18(28-20)25-13-6-7-33-17-11(13)2-1-3-12(17)23/h1-5,8-9,13H,6-7H2,(H,26,30)(H2,24,25,27,28). The molecule has 3 aromatic rings. The van der Waals surface area contributed by atoms with Crippen LogP contribution in [-0.2, 0) is 0 Å². The van der Waals surface area contributed by atoms with Gasteiger partial charge in [0.25, 0.3) is 0 Å². The average Bonchev–Trinajstić information content (AvgIpc) is 2.76. The highest BCUT2D eigenvalue weighted by molar-refractivity contribution is 6.60. The summed E-state index contributed by atoms with van der Waals surface area (Å²) in [7, 11) is 5.13. The zero-order valence-corrected chi connectivity index (χ0v) is 16.8. The van der Waals surface area contributed by atoms with Gasteiger partial charge in [-0.05, 0) is 24.3 Å². The van der Waals surface area contributed by atoms with Gasteiger partial charge >= 0.3 is 5.69 Å². The maximum atomic E-state index is 14.1. The fourth-order valence-corrected chi connectivity index (χ4v) is 3.36. The normalized spacial score (nSPS) is 14.5. The van der Waals surface area contributed by atoms with E-state index in [1.165, 1.54) is 18.2 Å². The molecule has 2 aromatic carbocycles. The number of hydrogen-bond donors (Lipinski definition) is 3. The van der Waals surface area contributed by atoms with Crippen molar-refractivity contribution in [1.29, 1.82) is 0 Å². The number of rotatable bonds is 6. The summed E-state index contributed by atoms with van der Waals surface area (Å²) in [6.07, 6.45) is 1.38. The van der Waals surface area contributed by atoms with E-state index in [9.17, 15) is 23.7 Å². The number of hydrogen-bond acceptors (Lipinski definition) is 8. The molecule has 3 N–H and O–H groups in total. The summed E-state index contributed by atoms with van der Waals surface area (Å²) in [6.45, 7) is 0.195. The van der Waals surface area contributed by atoms with Crippen LogP contribution in [0.25, 0.3) is 0 Å². The first kappa shape index (κ1) is 21.9. The third kappa shape index (κ3) is 4.81. The maximum absolute atomic E-state index is 14.1. The SMILES string of the molecule is [B]C(=O)Nc1ccc(F)cc1Nc1ncc([N+](=O)[O-])c(NC2CCOc3c(F)cccc32)n1. The first-order valence-electron chi connectivity index (χ1n) is 9.64. The van der Waals surface area contributed by atoms with Crippen LogP contribution in [-0.4, -0.2) is 35.2 Å². The van der Waals surface area contributed by atoms with Crippen molar-refractivity contribution in [2.45, 2.75) is 12.5 Å². The predicted octanol–water partition coefficient (Wildman–Crippen LogP) is 4.04. The van der Waals surface area contributed by atoms with Gasteiger partial charge in [0, 0.05) is 12.0 Å². The Morgan fingerprint density at radius 2 is 2.06 bits per heavy atom. The molecule has 0 saturated heterocycles. The average molecular weight is 452 g/mol. The largest absolute Gasteiger partial charge is 0.490 e. The minimum Gasteiger partial charge on any atom is -0.490 e. The first-order chi connectivity index (χ1) is 15.8. The highest BCUT2D eigenvalue weighted by Crippen LogP contribution is 2.37. The number of fused-ring (bicyclic) bond motifs is 1. The predicted molar refractivity (Wildman–Crippen MR) is 116 cm³/mol. The molecular weight excluding hydrogens is 437 g/mol. The van der Waals surface area contributed by atoms with E-state index in [1.54, 1.807) is 6.07 Å². The first-order valence-corrected chi connectivity index (χ1v) is 9.64. The maximum Gasteiger partial charge on any atom is 0.329 e. The second-order valence-electron chi connectivity index (χ2n) is 6.98. The summed E-state index contributed by atoms with van der Waals surface area (Å²) in [5.41, 5.74) is 0.294. The van der Waals surface area contributed by atoms with E-state index >= 15 is 0 Å². The number of nitrogens with one attached hydrogen (secondary N) is 3.